The Morgan fingerprint density at radius 1 is 1.04 bits per heavy atom. The van der Waals surface area contributed by atoms with Crippen molar-refractivity contribution in [1.82, 2.24) is 9.88 Å². The minimum atomic E-state index is 0.686. The number of anilines is 1. The monoisotopic (exact) mass is 377 g/mol. The fourth-order valence-corrected chi connectivity index (χ4v) is 4.46. The third-order valence-electron chi connectivity index (χ3n) is 4.46. The molecule has 6 heteroatoms. The first-order valence-electron chi connectivity index (χ1n) is 7.94. The van der Waals surface area contributed by atoms with Gasteiger partial charge in [-0.1, -0.05) is 35.3 Å². The first-order chi connectivity index (χ1) is 11.7. The predicted molar refractivity (Wildman–Crippen MR) is 104 cm³/mol. The van der Waals surface area contributed by atoms with Crippen LogP contribution in [0.1, 0.15) is 5.56 Å². The topological polar surface area (TPSA) is 19.4 Å². The molecule has 2 heterocycles. The molecule has 0 atom stereocenters. The summed E-state index contributed by atoms with van der Waals surface area (Å²) >= 11 is 14.0. The second-order valence-corrected chi connectivity index (χ2v) is 7.68. The zero-order chi connectivity index (χ0) is 16.5. The van der Waals surface area contributed by atoms with Crippen molar-refractivity contribution < 1.29 is 0 Å². The predicted octanol–water partition coefficient (Wildman–Crippen LogP) is 4.93. The molecule has 0 bridgehead atoms. The maximum absolute atomic E-state index is 6.30. The highest BCUT2D eigenvalue weighted by molar-refractivity contribution is 7.17. The SMILES string of the molecule is Clc1ccc(CN2CCN(c3cccc4ncsc34)CC2)c(Cl)c1. The fraction of sp³-hybridized carbons (Fsp3) is 0.278. The average Bonchev–Trinajstić information content (AvgIpc) is 3.07. The summed E-state index contributed by atoms with van der Waals surface area (Å²) < 4.78 is 1.28. The lowest BCUT2D eigenvalue weighted by Crippen LogP contribution is -2.46. The number of benzene rings is 2. The van der Waals surface area contributed by atoms with Crippen LogP contribution in [-0.2, 0) is 6.54 Å². The van der Waals surface area contributed by atoms with Gasteiger partial charge in [0.2, 0.25) is 0 Å². The highest BCUT2D eigenvalue weighted by Gasteiger charge is 2.20. The van der Waals surface area contributed by atoms with Crippen molar-refractivity contribution in [2.45, 2.75) is 6.54 Å². The van der Waals surface area contributed by atoms with Crippen LogP contribution in [0.4, 0.5) is 5.69 Å². The van der Waals surface area contributed by atoms with E-state index in [-0.39, 0.29) is 0 Å². The molecule has 0 saturated carbocycles. The summed E-state index contributed by atoms with van der Waals surface area (Å²) in [5.74, 6) is 0. The van der Waals surface area contributed by atoms with Crippen LogP contribution in [-0.4, -0.2) is 36.1 Å². The van der Waals surface area contributed by atoms with Crippen molar-refractivity contribution >= 4 is 50.4 Å². The molecule has 1 aliphatic heterocycles. The first kappa shape index (κ1) is 16.2. The van der Waals surface area contributed by atoms with Crippen LogP contribution >= 0.6 is 34.5 Å². The van der Waals surface area contributed by atoms with Gasteiger partial charge in [-0.25, -0.2) is 4.98 Å². The molecule has 1 aromatic heterocycles. The maximum atomic E-state index is 6.30. The zero-order valence-electron chi connectivity index (χ0n) is 13.1. The molecule has 0 spiro atoms. The summed E-state index contributed by atoms with van der Waals surface area (Å²) in [4.78, 5) is 9.32. The Hall–Kier alpha value is -1.33. The Kier molecular flexibility index (Phi) is 4.63. The minimum Gasteiger partial charge on any atom is -0.368 e. The smallest absolute Gasteiger partial charge is 0.0833 e. The molecule has 0 unspecified atom stereocenters. The molecule has 3 aromatic rings. The van der Waals surface area contributed by atoms with E-state index in [0.29, 0.717) is 5.02 Å². The van der Waals surface area contributed by atoms with E-state index in [1.807, 2.05) is 23.7 Å². The van der Waals surface area contributed by atoms with Gasteiger partial charge in [0.15, 0.2) is 0 Å². The number of piperazine rings is 1. The summed E-state index contributed by atoms with van der Waals surface area (Å²) in [5, 5.41) is 1.44. The number of hydrogen-bond donors (Lipinski definition) is 0. The Labute approximate surface area is 155 Å². The number of rotatable bonds is 3. The van der Waals surface area contributed by atoms with Crippen molar-refractivity contribution in [3.05, 3.63) is 57.5 Å². The molecular formula is C18H17Cl2N3S. The fourth-order valence-electron chi connectivity index (χ4n) is 3.16. The lowest BCUT2D eigenvalue weighted by atomic mass is 10.2. The Morgan fingerprint density at radius 2 is 1.88 bits per heavy atom. The molecule has 1 aliphatic rings. The quantitative estimate of drug-likeness (QED) is 0.645. The van der Waals surface area contributed by atoms with Crippen LogP contribution < -0.4 is 4.90 Å². The first-order valence-corrected chi connectivity index (χ1v) is 9.58. The molecule has 4 rings (SSSR count). The Morgan fingerprint density at radius 3 is 2.67 bits per heavy atom. The van der Waals surface area contributed by atoms with Gasteiger partial charge in [-0.15, -0.1) is 11.3 Å². The number of thiazole rings is 1. The Bertz CT molecular complexity index is 856. The molecule has 1 saturated heterocycles. The van der Waals surface area contributed by atoms with Crippen LogP contribution in [0.2, 0.25) is 10.0 Å². The third kappa shape index (κ3) is 3.24. The number of hydrogen-bond acceptors (Lipinski definition) is 4. The van der Waals surface area contributed by atoms with Gasteiger partial charge in [0.05, 0.1) is 21.4 Å². The molecule has 1 fully saturated rings. The highest BCUT2D eigenvalue weighted by atomic mass is 35.5. The van der Waals surface area contributed by atoms with Crippen molar-refractivity contribution in [1.29, 1.82) is 0 Å². The number of nitrogens with zero attached hydrogens (tertiary/aromatic N) is 3. The van der Waals surface area contributed by atoms with Crippen LogP contribution in [0.5, 0.6) is 0 Å². The second kappa shape index (κ2) is 6.89. The van der Waals surface area contributed by atoms with E-state index in [4.69, 9.17) is 23.2 Å². The molecule has 24 heavy (non-hydrogen) atoms. The van der Waals surface area contributed by atoms with Crippen LogP contribution in [0, 0.1) is 0 Å². The molecule has 2 aromatic carbocycles. The van der Waals surface area contributed by atoms with Gasteiger partial charge in [-0.05, 0) is 29.8 Å². The number of halogens is 2. The van der Waals surface area contributed by atoms with Gasteiger partial charge in [0.25, 0.3) is 0 Å². The van der Waals surface area contributed by atoms with Crippen molar-refractivity contribution in [3.63, 3.8) is 0 Å². The van der Waals surface area contributed by atoms with E-state index in [9.17, 15) is 0 Å². The molecule has 0 amide bonds. The lowest BCUT2D eigenvalue weighted by molar-refractivity contribution is 0.250. The van der Waals surface area contributed by atoms with Crippen molar-refractivity contribution in [2.75, 3.05) is 31.1 Å². The van der Waals surface area contributed by atoms with E-state index in [2.05, 4.69) is 33.0 Å². The van der Waals surface area contributed by atoms with Crippen LogP contribution in [0.25, 0.3) is 10.2 Å². The van der Waals surface area contributed by atoms with Gasteiger partial charge < -0.3 is 4.90 Å². The van der Waals surface area contributed by atoms with E-state index in [1.165, 1.54) is 10.4 Å². The standard InChI is InChI=1S/C18H17Cl2N3S/c19-14-5-4-13(15(20)10-14)11-22-6-8-23(9-7-22)17-3-1-2-16-18(17)24-12-21-16/h1-5,10,12H,6-9,11H2. The molecular weight excluding hydrogens is 361 g/mol. The van der Waals surface area contributed by atoms with Gasteiger partial charge in [0, 0.05) is 42.8 Å². The molecule has 0 radical (unpaired) electrons. The molecule has 3 nitrogen and oxygen atoms in total. The largest absolute Gasteiger partial charge is 0.368 e. The Balaban J connectivity index is 1.44. The summed E-state index contributed by atoms with van der Waals surface area (Å²) in [6.07, 6.45) is 0. The maximum Gasteiger partial charge on any atom is 0.0833 e. The zero-order valence-corrected chi connectivity index (χ0v) is 15.4. The third-order valence-corrected chi connectivity index (χ3v) is 5.91. The number of fused-ring (bicyclic) bond motifs is 1. The normalized spacial score (nSPS) is 16.0. The molecule has 0 aliphatic carbocycles. The minimum absolute atomic E-state index is 0.686. The molecule has 0 N–H and O–H groups in total. The average molecular weight is 378 g/mol. The summed E-state index contributed by atoms with van der Waals surface area (Å²) in [7, 11) is 0. The van der Waals surface area contributed by atoms with Gasteiger partial charge in [-0.2, -0.15) is 0 Å². The van der Waals surface area contributed by atoms with E-state index in [0.717, 1.165) is 48.8 Å². The summed E-state index contributed by atoms with van der Waals surface area (Å²) in [5.41, 5.74) is 5.46. The lowest BCUT2D eigenvalue weighted by Gasteiger charge is -2.36. The summed E-state index contributed by atoms with van der Waals surface area (Å²) in [6, 6.07) is 12.1. The highest BCUT2D eigenvalue weighted by Crippen LogP contribution is 2.30. The van der Waals surface area contributed by atoms with Crippen molar-refractivity contribution in [2.24, 2.45) is 0 Å². The second-order valence-electron chi connectivity index (χ2n) is 5.98. The van der Waals surface area contributed by atoms with E-state index >= 15 is 0 Å². The summed E-state index contributed by atoms with van der Waals surface area (Å²) in [6.45, 7) is 4.95. The van der Waals surface area contributed by atoms with Crippen molar-refractivity contribution in [3.8, 4) is 0 Å². The van der Waals surface area contributed by atoms with Gasteiger partial charge in [-0.3, -0.25) is 4.90 Å². The van der Waals surface area contributed by atoms with Crippen LogP contribution in [0.3, 0.4) is 0 Å². The van der Waals surface area contributed by atoms with E-state index in [1.54, 1.807) is 11.3 Å². The van der Waals surface area contributed by atoms with Crippen LogP contribution in [0.15, 0.2) is 41.9 Å². The molecule has 124 valence electrons. The van der Waals surface area contributed by atoms with E-state index < -0.39 is 0 Å². The van der Waals surface area contributed by atoms with Gasteiger partial charge >= 0.3 is 0 Å². The van der Waals surface area contributed by atoms with Gasteiger partial charge in [0.1, 0.15) is 0 Å². The number of aromatic nitrogens is 1.